The number of hydrogen-bond donors (Lipinski definition) is 1. The van der Waals surface area contributed by atoms with Gasteiger partial charge in [-0.25, -0.2) is 4.79 Å². The number of benzene rings is 3. The largest absolute Gasteiger partial charge is 0.573 e. The van der Waals surface area contributed by atoms with E-state index < -0.39 is 24.2 Å². The van der Waals surface area contributed by atoms with Gasteiger partial charge in [-0.3, -0.25) is 4.79 Å². The minimum Gasteiger partial charge on any atom is -0.497 e. The predicted molar refractivity (Wildman–Crippen MR) is 141 cm³/mol. The molecule has 12 heteroatoms. The Labute approximate surface area is 226 Å². The first-order chi connectivity index (χ1) is 18.0. The van der Waals surface area contributed by atoms with Crippen LogP contribution in [0.15, 0.2) is 66.7 Å². The average molecular weight is 564 g/mol. The van der Waals surface area contributed by atoms with E-state index >= 15 is 0 Å². The number of ether oxygens (including phenoxy) is 3. The van der Waals surface area contributed by atoms with Crippen LogP contribution < -0.4 is 14.2 Å². The lowest BCUT2D eigenvalue weighted by Crippen LogP contribution is -2.25. The molecule has 0 aliphatic heterocycles. The maximum absolute atomic E-state index is 13.6. The van der Waals surface area contributed by atoms with Crippen molar-refractivity contribution in [3.63, 3.8) is 0 Å². The minimum absolute atomic E-state index is 0. The van der Waals surface area contributed by atoms with Crippen molar-refractivity contribution in [1.29, 1.82) is 0 Å². The first kappa shape index (κ1) is 31.7. The molecular weight excluding hydrogens is 535 g/mol. The van der Waals surface area contributed by atoms with Crippen molar-refractivity contribution in [3.05, 3.63) is 83.6 Å². The monoisotopic (exact) mass is 563 g/mol. The fraction of sp³-hybridized carbons (Fsp3) is 0.214. The van der Waals surface area contributed by atoms with Crippen LogP contribution in [0.4, 0.5) is 13.2 Å². The van der Waals surface area contributed by atoms with Gasteiger partial charge in [-0.15, -0.1) is 13.2 Å². The minimum atomic E-state index is -4.90. The Kier molecular flexibility index (Phi) is 9.92. The second kappa shape index (κ2) is 12.5. The van der Waals surface area contributed by atoms with Crippen molar-refractivity contribution in [2.45, 2.75) is 32.7 Å². The van der Waals surface area contributed by atoms with Crippen molar-refractivity contribution in [2.24, 2.45) is 0 Å². The van der Waals surface area contributed by atoms with Crippen molar-refractivity contribution in [3.8, 4) is 22.9 Å². The number of carboxylic acids is 1. The Morgan fingerprint density at radius 1 is 0.950 bits per heavy atom. The van der Waals surface area contributed by atoms with E-state index in [9.17, 15) is 27.9 Å². The molecule has 0 bridgehead atoms. The number of aromatic nitrogens is 1. The lowest BCUT2D eigenvalue weighted by atomic mass is 10.0. The molecule has 0 aliphatic carbocycles. The second-order valence-electron chi connectivity index (χ2n) is 8.43. The average Bonchev–Trinajstić information content (AvgIpc) is 3.16. The van der Waals surface area contributed by atoms with E-state index in [0.717, 1.165) is 6.07 Å². The van der Waals surface area contributed by atoms with Crippen LogP contribution in [-0.2, 0) is 4.79 Å². The molecule has 1 atom stereocenters. The van der Waals surface area contributed by atoms with Gasteiger partial charge < -0.3 is 34.8 Å². The molecule has 0 fully saturated rings. The van der Waals surface area contributed by atoms with Gasteiger partial charge in [-0.2, -0.15) is 0 Å². The second-order valence-corrected chi connectivity index (χ2v) is 8.43. The van der Waals surface area contributed by atoms with Gasteiger partial charge in [0.25, 0.3) is 0 Å². The van der Waals surface area contributed by atoms with E-state index in [-0.39, 0.29) is 28.9 Å². The van der Waals surface area contributed by atoms with E-state index in [1.807, 2.05) is 0 Å². The number of hydrogen-bond acceptors (Lipinski definition) is 5. The summed E-state index contributed by atoms with van der Waals surface area (Å²) >= 11 is 0. The summed E-state index contributed by atoms with van der Waals surface area (Å²) in [6.07, 6.45) is -5.75. The zero-order valence-corrected chi connectivity index (χ0v) is 21.7. The van der Waals surface area contributed by atoms with Crippen LogP contribution in [0.1, 0.15) is 35.0 Å². The fourth-order valence-electron chi connectivity index (χ4n) is 4.27. The molecule has 4 rings (SSSR count). The molecular formula is C28H28F3NO8. The van der Waals surface area contributed by atoms with Crippen molar-refractivity contribution in [2.75, 3.05) is 7.11 Å². The molecule has 3 aromatic carbocycles. The number of carboxylic acid groups (broad SMARTS) is 1. The topological polar surface area (TPSA) is 150 Å². The summed E-state index contributed by atoms with van der Waals surface area (Å²) in [7, 11) is 1.51. The van der Waals surface area contributed by atoms with Gasteiger partial charge in [-0.05, 0) is 61.9 Å². The van der Waals surface area contributed by atoms with Crippen LogP contribution in [-0.4, -0.2) is 52.0 Å². The molecule has 9 nitrogen and oxygen atoms in total. The first-order valence-corrected chi connectivity index (χ1v) is 11.6. The third-order valence-electron chi connectivity index (χ3n) is 5.99. The third kappa shape index (κ3) is 6.53. The van der Waals surface area contributed by atoms with E-state index in [4.69, 9.17) is 9.47 Å². The zero-order chi connectivity index (χ0) is 27.6. The van der Waals surface area contributed by atoms with Crippen LogP contribution in [0.2, 0.25) is 0 Å². The Morgan fingerprint density at radius 3 is 2.17 bits per heavy atom. The summed E-state index contributed by atoms with van der Waals surface area (Å²) in [5.41, 5.74) is 1.89. The van der Waals surface area contributed by atoms with Gasteiger partial charge in [0, 0.05) is 34.5 Å². The van der Waals surface area contributed by atoms with Crippen molar-refractivity contribution >= 4 is 22.7 Å². The normalized spacial score (nSPS) is 11.7. The number of nitrogens with zero attached hydrogens (tertiary/aromatic N) is 1. The number of alkyl halides is 3. The maximum atomic E-state index is 13.6. The van der Waals surface area contributed by atoms with Crippen LogP contribution in [0.5, 0.6) is 17.2 Å². The number of ketones is 1. The molecule has 4 aromatic rings. The van der Waals surface area contributed by atoms with Crippen molar-refractivity contribution in [1.82, 2.24) is 4.57 Å². The van der Waals surface area contributed by atoms with Gasteiger partial charge in [0.05, 0.1) is 18.2 Å². The fourth-order valence-corrected chi connectivity index (χ4v) is 4.27. The smallest absolute Gasteiger partial charge is 0.497 e. The quantitative estimate of drug-likeness (QED) is 0.293. The van der Waals surface area contributed by atoms with E-state index in [1.54, 1.807) is 66.9 Å². The SMILES string of the molecule is CC[C@@H](Oc1cccc(-n2c(C)c(C(=O)c3ccc(OC)cc3)c3ccc(OC(F)(F)F)cc32)c1)C(=O)O.O.O. The number of carbonyl (C=O) groups excluding carboxylic acids is 1. The highest BCUT2D eigenvalue weighted by Crippen LogP contribution is 2.35. The predicted octanol–water partition coefficient (Wildman–Crippen LogP) is 4.67. The number of rotatable bonds is 9. The number of halogens is 3. The highest BCUT2D eigenvalue weighted by molar-refractivity contribution is 6.18. The lowest BCUT2D eigenvalue weighted by Gasteiger charge is -2.15. The van der Waals surface area contributed by atoms with Gasteiger partial charge in [0.1, 0.15) is 17.2 Å². The van der Waals surface area contributed by atoms with E-state index in [2.05, 4.69) is 4.74 Å². The molecule has 40 heavy (non-hydrogen) atoms. The maximum Gasteiger partial charge on any atom is 0.573 e. The van der Waals surface area contributed by atoms with Crippen LogP contribution in [0.25, 0.3) is 16.6 Å². The molecule has 5 N–H and O–H groups in total. The number of aliphatic carboxylic acids is 1. The molecule has 0 amide bonds. The summed E-state index contributed by atoms with van der Waals surface area (Å²) in [4.78, 5) is 25.1. The number of carbonyl (C=O) groups is 2. The molecule has 0 spiro atoms. The Morgan fingerprint density at radius 2 is 1.60 bits per heavy atom. The number of methoxy groups -OCH3 is 1. The Balaban J connectivity index is 0.00000280. The number of fused-ring (bicyclic) bond motifs is 1. The zero-order valence-electron chi connectivity index (χ0n) is 21.7. The molecule has 1 aromatic heterocycles. The van der Waals surface area contributed by atoms with Crippen molar-refractivity contribution < 1.29 is 53.0 Å². The van der Waals surface area contributed by atoms with Gasteiger partial charge in [-0.1, -0.05) is 13.0 Å². The highest BCUT2D eigenvalue weighted by Gasteiger charge is 2.32. The van der Waals surface area contributed by atoms with Gasteiger partial charge in [0.15, 0.2) is 11.9 Å². The molecule has 1 heterocycles. The molecule has 0 saturated carbocycles. The van der Waals surface area contributed by atoms with E-state index in [0.29, 0.717) is 39.2 Å². The van der Waals surface area contributed by atoms with Gasteiger partial charge in [0.2, 0.25) is 0 Å². The van der Waals surface area contributed by atoms with Crippen LogP contribution in [0, 0.1) is 6.92 Å². The summed E-state index contributed by atoms with van der Waals surface area (Å²) in [6, 6.07) is 16.7. The molecule has 0 unspecified atom stereocenters. The Hall–Kier alpha value is -4.55. The van der Waals surface area contributed by atoms with Crippen LogP contribution in [0.3, 0.4) is 0 Å². The summed E-state index contributed by atoms with van der Waals surface area (Å²) in [6.45, 7) is 3.35. The molecule has 214 valence electrons. The summed E-state index contributed by atoms with van der Waals surface area (Å²) in [5.74, 6) is -1.08. The van der Waals surface area contributed by atoms with Gasteiger partial charge >= 0.3 is 12.3 Å². The van der Waals surface area contributed by atoms with E-state index in [1.165, 1.54) is 19.2 Å². The summed E-state index contributed by atoms with van der Waals surface area (Å²) < 4.78 is 55.4. The molecule has 0 radical (unpaired) electrons. The van der Waals surface area contributed by atoms with Crippen LogP contribution >= 0.6 is 0 Å². The first-order valence-electron chi connectivity index (χ1n) is 11.6. The summed E-state index contributed by atoms with van der Waals surface area (Å²) in [5, 5.41) is 9.77. The molecule has 0 aliphatic rings. The lowest BCUT2D eigenvalue weighted by molar-refractivity contribution is -0.274. The Bertz CT molecular complexity index is 1500. The molecule has 0 saturated heterocycles. The highest BCUT2D eigenvalue weighted by atomic mass is 19.4. The third-order valence-corrected chi connectivity index (χ3v) is 5.99. The standard InChI is InChI=1S/C28H24F3NO6.2H2O/c1-4-24(27(34)35)37-20-7-5-6-18(14-20)32-16(2)25(26(33)17-8-10-19(36-3)11-9-17)22-13-12-21(15-23(22)32)38-28(29,30)31;;/h5-15,24H,4H2,1-3H3,(H,34,35);2*1H2/t24-;;/m1../s1.